The highest BCUT2D eigenvalue weighted by Crippen LogP contribution is 2.46. The average Bonchev–Trinajstić information content (AvgIpc) is 2.87. The summed E-state index contributed by atoms with van der Waals surface area (Å²) in [6, 6.07) is 17.5. The molecule has 4 rings (SSSR count). The Kier molecular flexibility index (Phi) is 2.61. The van der Waals surface area contributed by atoms with Crippen LogP contribution in [0.4, 0.5) is 0 Å². The standard InChI is InChI=1S/C18H14O3/c1-11-15-17(21-16(11)12-7-3-2-4-8-12)13-9-5-6-10-14(13)20-18(15)19/h2-11,16H,1H3/t11-,16-/m1/s1. The van der Waals surface area contributed by atoms with E-state index in [4.69, 9.17) is 9.15 Å². The zero-order chi connectivity index (χ0) is 14.4. The Balaban J connectivity index is 1.93. The average molecular weight is 278 g/mol. The predicted octanol–water partition coefficient (Wildman–Crippen LogP) is 4.03. The maximum atomic E-state index is 12.3. The molecule has 3 heteroatoms. The smallest absolute Gasteiger partial charge is 0.343 e. The molecular formula is C18H14O3. The van der Waals surface area contributed by atoms with E-state index in [0.717, 1.165) is 10.9 Å². The second-order valence-corrected chi connectivity index (χ2v) is 5.37. The van der Waals surface area contributed by atoms with E-state index in [1.54, 1.807) is 6.07 Å². The van der Waals surface area contributed by atoms with Gasteiger partial charge >= 0.3 is 5.63 Å². The van der Waals surface area contributed by atoms with Crippen molar-refractivity contribution in [3.63, 3.8) is 0 Å². The lowest BCUT2D eigenvalue weighted by atomic mass is 9.93. The molecule has 1 aromatic heterocycles. The van der Waals surface area contributed by atoms with Gasteiger partial charge in [0.15, 0.2) is 0 Å². The Morgan fingerprint density at radius 1 is 0.952 bits per heavy atom. The molecule has 3 aromatic rings. The zero-order valence-electron chi connectivity index (χ0n) is 11.6. The Morgan fingerprint density at radius 3 is 2.48 bits per heavy atom. The van der Waals surface area contributed by atoms with Crippen molar-refractivity contribution >= 4 is 11.0 Å². The summed E-state index contributed by atoms with van der Waals surface area (Å²) in [4.78, 5) is 12.3. The van der Waals surface area contributed by atoms with E-state index in [9.17, 15) is 4.79 Å². The minimum absolute atomic E-state index is 0.0248. The topological polar surface area (TPSA) is 39.4 Å². The molecule has 1 aliphatic heterocycles. The largest absolute Gasteiger partial charge is 0.484 e. The first-order valence-electron chi connectivity index (χ1n) is 7.03. The molecule has 2 heterocycles. The van der Waals surface area contributed by atoms with Crippen molar-refractivity contribution in [2.75, 3.05) is 0 Å². The molecule has 0 saturated heterocycles. The third kappa shape index (κ3) is 1.77. The molecule has 2 atom stereocenters. The molecule has 3 nitrogen and oxygen atoms in total. The van der Waals surface area contributed by atoms with E-state index in [1.807, 2.05) is 55.5 Å². The van der Waals surface area contributed by atoms with E-state index in [0.29, 0.717) is 16.9 Å². The first kappa shape index (κ1) is 12.2. The highest BCUT2D eigenvalue weighted by atomic mass is 16.5. The van der Waals surface area contributed by atoms with Gasteiger partial charge < -0.3 is 9.15 Å². The molecule has 0 radical (unpaired) electrons. The van der Waals surface area contributed by atoms with E-state index in [2.05, 4.69) is 0 Å². The summed E-state index contributed by atoms with van der Waals surface area (Å²) in [5.74, 6) is 0.645. The second kappa shape index (κ2) is 4.48. The van der Waals surface area contributed by atoms with Gasteiger partial charge in [0.25, 0.3) is 0 Å². The lowest BCUT2D eigenvalue weighted by Crippen LogP contribution is -2.11. The van der Waals surface area contributed by atoms with Crippen LogP contribution in [0.1, 0.15) is 30.1 Å². The van der Waals surface area contributed by atoms with Crippen molar-refractivity contribution in [1.29, 1.82) is 0 Å². The van der Waals surface area contributed by atoms with Crippen LogP contribution in [0, 0.1) is 0 Å². The van der Waals surface area contributed by atoms with Crippen molar-refractivity contribution in [3.05, 3.63) is 76.1 Å². The van der Waals surface area contributed by atoms with Crippen LogP contribution in [-0.4, -0.2) is 0 Å². The zero-order valence-corrected chi connectivity index (χ0v) is 11.6. The van der Waals surface area contributed by atoms with Gasteiger partial charge in [0.1, 0.15) is 17.4 Å². The summed E-state index contributed by atoms with van der Waals surface area (Å²) >= 11 is 0. The monoisotopic (exact) mass is 278 g/mol. The minimum atomic E-state index is -0.297. The van der Waals surface area contributed by atoms with Crippen LogP contribution < -0.4 is 10.4 Å². The van der Waals surface area contributed by atoms with Gasteiger partial charge in [-0.2, -0.15) is 0 Å². The number of ether oxygens (including phenoxy) is 1. The van der Waals surface area contributed by atoms with Crippen LogP contribution in [-0.2, 0) is 0 Å². The summed E-state index contributed by atoms with van der Waals surface area (Å²) in [5, 5.41) is 0.859. The van der Waals surface area contributed by atoms with Crippen molar-refractivity contribution in [3.8, 4) is 5.75 Å². The molecule has 0 spiro atoms. The number of para-hydroxylation sites is 1. The molecule has 1 aliphatic rings. The Labute approximate surface area is 121 Å². The van der Waals surface area contributed by atoms with Crippen LogP contribution in [0.2, 0.25) is 0 Å². The van der Waals surface area contributed by atoms with E-state index < -0.39 is 0 Å². The highest BCUT2D eigenvalue weighted by Gasteiger charge is 2.36. The number of fused-ring (bicyclic) bond motifs is 3. The van der Waals surface area contributed by atoms with Crippen molar-refractivity contribution < 1.29 is 9.15 Å². The molecule has 0 unspecified atom stereocenters. The quantitative estimate of drug-likeness (QED) is 0.631. The van der Waals surface area contributed by atoms with Gasteiger partial charge in [-0.05, 0) is 17.7 Å². The fraction of sp³-hybridized carbons (Fsp3) is 0.167. The highest BCUT2D eigenvalue weighted by molar-refractivity contribution is 5.85. The molecule has 104 valence electrons. The molecule has 2 aromatic carbocycles. The summed E-state index contributed by atoms with van der Waals surface area (Å²) in [5.41, 5.74) is 1.99. The van der Waals surface area contributed by atoms with E-state index >= 15 is 0 Å². The molecule has 0 aliphatic carbocycles. The van der Waals surface area contributed by atoms with Gasteiger partial charge in [-0.25, -0.2) is 4.79 Å². The van der Waals surface area contributed by atoms with Crippen molar-refractivity contribution in [1.82, 2.24) is 0 Å². The fourth-order valence-electron chi connectivity index (χ4n) is 3.04. The minimum Gasteiger partial charge on any atom is -0.484 e. The van der Waals surface area contributed by atoms with Crippen LogP contribution in [0.3, 0.4) is 0 Å². The molecular weight excluding hydrogens is 264 g/mol. The van der Waals surface area contributed by atoms with Crippen LogP contribution in [0.25, 0.3) is 11.0 Å². The maximum Gasteiger partial charge on any atom is 0.343 e. The normalized spacial score (nSPS) is 20.2. The summed E-state index contributed by atoms with van der Waals surface area (Å²) in [6.45, 7) is 2.01. The van der Waals surface area contributed by atoms with Crippen LogP contribution >= 0.6 is 0 Å². The Morgan fingerprint density at radius 2 is 1.67 bits per heavy atom. The fourth-order valence-corrected chi connectivity index (χ4v) is 3.04. The molecule has 0 bridgehead atoms. The first-order valence-corrected chi connectivity index (χ1v) is 7.03. The SMILES string of the molecule is C[C@@H]1c2c(c3ccccc3oc2=O)O[C@H]1c1ccccc1. The number of rotatable bonds is 1. The van der Waals surface area contributed by atoms with Gasteiger partial charge in [0, 0.05) is 5.92 Å². The first-order chi connectivity index (χ1) is 10.3. The number of benzene rings is 2. The third-order valence-electron chi connectivity index (χ3n) is 4.08. The second-order valence-electron chi connectivity index (χ2n) is 5.37. The van der Waals surface area contributed by atoms with E-state index in [1.165, 1.54) is 0 Å². The van der Waals surface area contributed by atoms with Gasteiger partial charge in [-0.1, -0.05) is 49.4 Å². The molecule has 21 heavy (non-hydrogen) atoms. The van der Waals surface area contributed by atoms with Gasteiger partial charge in [-0.3, -0.25) is 0 Å². The van der Waals surface area contributed by atoms with Crippen molar-refractivity contribution in [2.45, 2.75) is 18.9 Å². The van der Waals surface area contributed by atoms with E-state index in [-0.39, 0.29) is 17.6 Å². The number of hydrogen-bond acceptors (Lipinski definition) is 3. The summed E-state index contributed by atoms with van der Waals surface area (Å²) in [6.07, 6.45) is -0.144. The molecule has 0 saturated carbocycles. The Bertz CT molecular complexity index is 865. The number of hydrogen-bond donors (Lipinski definition) is 0. The lowest BCUT2D eigenvalue weighted by Gasteiger charge is -2.15. The van der Waals surface area contributed by atoms with Gasteiger partial charge in [-0.15, -0.1) is 0 Å². The maximum absolute atomic E-state index is 12.3. The van der Waals surface area contributed by atoms with Crippen LogP contribution in [0.15, 0.2) is 63.8 Å². The predicted molar refractivity (Wildman–Crippen MR) is 80.7 cm³/mol. The molecule has 0 amide bonds. The Hall–Kier alpha value is -2.55. The van der Waals surface area contributed by atoms with Gasteiger partial charge in [0.05, 0.1) is 10.9 Å². The summed E-state index contributed by atoms with van der Waals surface area (Å²) < 4.78 is 11.6. The van der Waals surface area contributed by atoms with Crippen LogP contribution in [0.5, 0.6) is 5.75 Å². The summed E-state index contributed by atoms with van der Waals surface area (Å²) in [7, 11) is 0. The molecule has 0 N–H and O–H groups in total. The lowest BCUT2D eigenvalue weighted by molar-refractivity contribution is 0.218. The third-order valence-corrected chi connectivity index (χ3v) is 4.08. The van der Waals surface area contributed by atoms with Gasteiger partial charge in [0.2, 0.25) is 0 Å². The molecule has 0 fully saturated rings. The van der Waals surface area contributed by atoms with Crippen molar-refractivity contribution in [2.24, 2.45) is 0 Å².